The van der Waals surface area contributed by atoms with E-state index in [1.165, 1.54) is 0 Å². The monoisotopic (exact) mass is 430 g/mol. The maximum Gasteiger partial charge on any atom is 0.317 e. The molecule has 0 bridgehead atoms. The van der Waals surface area contributed by atoms with Gasteiger partial charge in [0.15, 0.2) is 0 Å². The zero-order valence-electron chi connectivity index (χ0n) is 16.8. The van der Waals surface area contributed by atoms with Gasteiger partial charge in [0, 0.05) is 32.4 Å². The second-order valence-corrected chi connectivity index (χ2v) is 7.87. The van der Waals surface area contributed by atoms with Crippen LogP contribution in [-0.4, -0.2) is 46.6 Å². The van der Waals surface area contributed by atoms with Crippen LogP contribution in [0.25, 0.3) is 0 Å². The predicted octanol–water partition coefficient (Wildman–Crippen LogP) is 4.10. The predicted molar refractivity (Wildman–Crippen MR) is 117 cm³/mol. The molecule has 1 aliphatic heterocycles. The normalized spacial score (nSPS) is 15.8. The molecule has 1 aromatic carbocycles. The molecule has 0 saturated heterocycles. The van der Waals surface area contributed by atoms with Gasteiger partial charge in [-0.15, -0.1) is 0 Å². The SMILES string of the molecule is O=C(O)CC1CCN(C(=O)NCCCCNc2ccc(Cl)cn2)Cc2ccccc21. The van der Waals surface area contributed by atoms with Gasteiger partial charge in [0.25, 0.3) is 0 Å². The fourth-order valence-corrected chi connectivity index (χ4v) is 3.79. The van der Waals surface area contributed by atoms with Gasteiger partial charge in [0.2, 0.25) is 0 Å². The maximum absolute atomic E-state index is 12.6. The molecule has 8 heteroatoms. The van der Waals surface area contributed by atoms with E-state index in [2.05, 4.69) is 15.6 Å². The fourth-order valence-electron chi connectivity index (χ4n) is 3.68. The number of aromatic nitrogens is 1. The van der Waals surface area contributed by atoms with Gasteiger partial charge in [-0.2, -0.15) is 0 Å². The van der Waals surface area contributed by atoms with Crippen molar-refractivity contribution in [1.29, 1.82) is 0 Å². The molecule has 1 unspecified atom stereocenters. The van der Waals surface area contributed by atoms with Gasteiger partial charge in [-0.05, 0) is 48.4 Å². The van der Waals surface area contributed by atoms with Crippen LogP contribution in [0.15, 0.2) is 42.6 Å². The summed E-state index contributed by atoms with van der Waals surface area (Å²) >= 11 is 5.82. The lowest BCUT2D eigenvalue weighted by Crippen LogP contribution is -2.40. The standard InChI is InChI=1S/C22H27ClN4O3/c23-18-7-8-20(26-14-18)24-10-3-4-11-25-22(30)27-12-9-16(13-21(28)29)19-6-2-1-5-17(19)15-27/h1-2,5-8,14,16H,3-4,9-13,15H2,(H,24,26)(H,25,30)(H,28,29). The van der Waals surface area contributed by atoms with Crippen molar-refractivity contribution in [3.05, 3.63) is 58.7 Å². The Morgan fingerprint density at radius 2 is 1.97 bits per heavy atom. The lowest BCUT2D eigenvalue weighted by molar-refractivity contribution is -0.137. The number of halogens is 1. The zero-order valence-corrected chi connectivity index (χ0v) is 17.6. The number of aliphatic carboxylic acids is 1. The number of pyridine rings is 1. The van der Waals surface area contributed by atoms with Crippen LogP contribution in [0.4, 0.5) is 10.6 Å². The van der Waals surface area contributed by atoms with Crippen molar-refractivity contribution < 1.29 is 14.7 Å². The van der Waals surface area contributed by atoms with Gasteiger partial charge in [-0.25, -0.2) is 9.78 Å². The molecule has 0 saturated carbocycles. The molecule has 0 radical (unpaired) electrons. The number of unbranched alkanes of at least 4 members (excludes halogenated alkanes) is 1. The number of carbonyl (C=O) groups is 2. The number of fused-ring (bicyclic) bond motifs is 1. The second-order valence-electron chi connectivity index (χ2n) is 7.43. The Morgan fingerprint density at radius 1 is 1.17 bits per heavy atom. The number of hydrogen-bond donors (Lipinski definition) is 3. The van der Waals surface area contributed by atoms with E-state index in [0.29, 0.717) is 31.1 Å². The van der Waals surface area contributed by atoms with Crippen molar-refractivity contribution in [2.45, 2.75) is 38.1 Å². The van der Waals surface area contributed by atoms with Crippen molar-refractivity contribution in [2.24, 2.45) is 0 Å². The summed E-state index contributed by atoms with van der Waals surface area (Å²) in [4.78, 5) is 29.8. The average Bonchev–Trinajstić information content (AvgIpc) is 2.91. The molecular weight excluding hydrogens is 404 g/mol. The summed E-state index contributed by atoms with van der Waals surface area (Å²) < 4.78 is 0. The first-order valence-electron chi connectivity index (χ1n) is 10.2. The second kappa shape index (κ2) is 10.8. The van der Waals surface area contributed by atoms with Gasteiger partial charge >= 0.3 is 12.0 Å². The number of urea groups is 1. The van der Waals surface area contributed by atoms with Crippen molar-refractivity contribution in [3.8, 4) is 0 Å². The van der Waals surface area contributed by atoms with Crippen molar-refractivity contribution in [2.75, 3.05) is 25.0 Å². The minimum atomic E-state index is -0.810. The average molecular weight is 431 g/mol. The van der Waals surface area contributed by atoms with Crippen LogP contribution >= 0.6 is 11.6 Å². The smallest absolute Gasteiger partial charge is 0.317 e. The Morgan fingerprint density at radius 3 is 2.73 bits per heavy atom. The summed E-state index contributed by atoms with van der Waals surface area (Å²) in [5, 5.41) is 16.0. The minimum Gasteiger partial charge on any atom is -0.481 e. The van der Waals surface area contributed by atoms with Crippen LogP contribution in [-0.2, 0) is 11.3 Å². The van der Waals surface area contributed by atoms with Crippen LogP contribution in [0.5, 0.6) is 0 Å². The quantitative estimate of drug-likeness (QED) is 0.548. The highest BCUT2D eigenvalue weighted by atomic mass is 35.5. The number of amides is 2. The van der Waals surface area contributed by atoms with E-state index in [1.807, 2.05) is 30.3 Å². The molecule has 3 rings (SSSR count). The number of carboxylic acid groups (broad SMARTS) is 1. The molecule has 0 aliphatic carbocycles. The fraction of sp³-hybridized carbons (Fsp3) is 0.409. The van der Waals surface area contributed by atoms with E-state index in [1.54, 1.807) is 17.2 Å². The number of nitrogens with one attached hydrogen (secondary N) is 2. The summed E-state index contributed by atoms with van der Waals surface area (Å²) in [6.07, 6.45) is 4.08. The Kier molecular flexibility index (Phi) is 7.90. The molecule has 1 aliphatic rings. The van der Waals surface area contributed by atoms with Gasteiger partial charge in [-0.3, -0.25) is 4.79 Å². The zero-order chi connectivity index (χ0) is 21.3. The summed E-state index contributed by atoms with van der Waals surface area (Å²) in [6, 6.07) is 11.3. The number of hydrogen-bond acceptors (Lipinski definition) is 4. The first-order valence-corrected chi connectivity index (χ1v) is 10.6. The summed E-state index contributed by atoms with van der Waals surface area (Å²) in [5.74, 6) is -0.0956. The van der Waals surface area contributed by atoms with E-state index in [-0.39, 0.29) is 18.4 Å². The number of anilines is 1. The molecule has 2 amide bonds. The van der Waals surface area contributed by atoms with Gasteiger partial charge in [0.1, 0.15) is 5.82 Å². The molecule has 3 N–H and O–H groups in total. The minimum absolute atomic E-state index is 0.0657. The van der Waals surface area contributed by atoms with Gasteiger partial charge in [-0.1, -0.05) is 35.9 Å². The van der Waals surface area contributed by atoms with Crippen LogP contribution < -0.4 is 10.6 Å². The Hall–Kier alpha value is -2.80. The van der Waals surface area contributed by atoms with E-state index in [0.717, 1.165) is 36.3 Å². The molecule has 1 aromatic heterocycles. The lowest BCUT2D eigenvalue weighted by Gasteiger charge is -2.21. The summed E-state index contributed by atoms with van der Waals surface area (Å²) in [7, 11) is 0. The number of nitrogens with zero attached hydrogens (tertiary/aromatic N) is 2. The van der Waals surface area contributed by atoms with Crippen molar-refractivity contribution in [3.63, 3.8) is 0 Å². The first kappa shape index (κ1) is 21.9. The molecular formula is C22H27ClN4O3. The Balaban J connectivity index is 1.43. The summed E-state index contributed by atoms with van der Waals surface area (Å²) in [6.45, 7) is 2.40. The number of rotatable bonds is 8. The molecule has 2 heterocycles. The topological polar surface area (TPSA) is 94.6 Å². The number of carboxylic acids is 1. The van der Waals surface area contributed by atoms with E-state index in [4.69, 9.17) is 11.6 Å². The highest BCUT2D eigenvalue weighted by molar-refractivity contribution is 6.30. The molecule has 0 spiro atoms. The number of benzene rings is 1. The van der Waals surface area contributed by atoms with Gasteiger partial charge < -0.3 is 20.6 Å². The van der Waals surface area contributed by atoms with Crippen LogP contribution in [0.1, 0.15) is 42.7 Å². The Bertz CT molecular complexity index is 860. The highest BCUT2D eigenvalue weighted by Gasteiger charge is 2.26. The number of carbonyl (C=O) groups excluding carboxylic acids is 1. The third kappa shape index (κ3) is 6.35. The molecule has 0 fully saturated rings. The molecule has 7 nitrogen and oxygen atoms in total. The Labute approximate surface area is 181 Å². The van der Waals surface area contributed by atoms with Crippen molar-refractivity contribution in [1.82, 2.24) is 15.2 Å². The van der Waals surface area contributed by atoms with E-state index in [9.17, 15) is 14.7 Å². The highest BCUT2D eigenvalue weighted by Crippen LogP contribution is 2.31. The molecule has 1 atom stereocenters. The van der Waals surface area contributed by atoms with Crippen LogP contribution in [0.3, 0.4) is 0 Å². The van der Waals surface area contributed by atoms with Crippen LogP contribution in [0.2, 0.25) is 5.02 Å². The van der Waals surface area contributed by atoms with E-state index >= 15 is 0 Å². The largest absolute Gasteiger partial charge is 0.481 e. The maximum atomic E-state index is 12.6. The third-order valence-corrected chi connectivity index (χ3v) is 5.45. The van der Waals surface area contributed by atoms with Gasteiger partial charge in [0.05, 0.1) is 11.4 Å². The molecule has 2 aromatic rings. The lowest BCUT2D eigenvalue weighted by atomic mass is 9.90. The van der Waals surface area contributed by atoms with Crippen molar-refractivity contribution >= 4 is 29.4 Å². The molecule has 160 valence electrons. The van der Waals surface area contributed by atoms with E-state index < -0.39 is 5.97 Å². The third-order valence-electron chi connectivity index (χ3n) is 5.23. The summed E-state index contributed by atoms with van der Waals surface area (Å²) in [5.41, 5.74) is 2.06. The van der Waals surface area contributed by atoms with Crippen LogP contribution in [0, 0.1) is 0 Å². The first-order chi connectivity index (χ1) is 14.5. The molecule has 30 heavy (non-hydrogen) atoms.